The van der Waals surface area contributed by atoms with Gasteiger partial charge in [0.25, 0.3) is 0 Å². The van der Waals surface area contributed by atoms with E-state index in [1.165, 1.54) is 51.4 Å². The molecule has 0 amide bonds. The summed E-state index contributed by atoms with van der Waals surface area (Å²) in [5, 5.41) is 19.0. The molecule has 2 aliphatic carbocycles. The Balaban J connectivity index is 1.83. The summed E-state index contributed by atoms with van der Waals surface area (Å²) >= 11 is 0. The maximum absolute atomic E-state index is 10.7. The van der Waals surface area contributed by atoms with Crippen molar-refractivity contribution in [1.82, 2.24) is 0 Å². The average molecular weight is 350 g/mol. The van der Waals surface area contributed by atoms with E-state index in [2.05, 4.69) is 6.08 Å². The zero-order chi connectivity index (χ0) is 17.9. The van der Waals surface area contributed by atoms with Gasteiger partial charge in [-0.05, 0) is 37.5 Å². The molecule has 0 aromatic heterocycles. The van der Waals surface area contributed by atoms with E-state index in [1.807, 2.05) is 18.2 Å². The molecule has 0 radical (unpaired) electrons. The van der Waals surface area contributed by atoms with Crippen LogP contribution in [0.15, 0.2) is 24.3 Å². The minimum Gasteiger partial charge on any atom is -0.480 e. The topological polar surface area (TPSA) is 66.8 Å². The zero-order valence-corrected chi connectivity index (χ0v) is 15.3. The summed E-state index contributed by atoms with van der Waals surface area (Å²) in [6.45, 7) is 0.236. The number of carbonyl (C=O) groups is 1. The van der Waals surface area contributed by atoms with E-state index >= 15 is 0 Å². The lowest BCUT2D eigenvalue weighted by molar-refractivity contribution is -0.142. The number of hydrogen-bond donors (Lipinski definition) is 2. The van der Waals surface area contributed by atoms with Crippen LogP contribution in [-0.4, -0.2) is 35.5 Å². The molecule has 2 rings (SSSR count). The van der Waals surface area contributed by atoms with E-state index in [0.717, 1.165) is 12.8 Å². The monoisotopic (exact) mass is 350 g/mol. The second kappa shape index (κ2) is 11.5. The van der Waals surface area contributed by atoms with Crippen LogP contribution >= 0.6 is 0 Å². The van der Waals surface area contributed by atoms with Gasteiger partial charge in [0, 0.05) is 5.92 Å². The van der Waals surface area contributed by atoms with E-state index in [9.17, 15) is 9.90 Å². The molecule has 2 atom stereocenters. The Morgan fingerprint density at radius 1 is 0.920 bits per heavy atom. The van der Waals surface area contributed by atoms with Crippen LogP contribution in [0.1, 0.15) is 64.2 Å². The van der Waals surface area contributed by atoms with Crippen LogP contribution in [0.25, 0.3) is 0 Å². The number of aliphatic hydroxyl groups excluding tert-OH is 1. The van der Waals surface area contributed by atoms with Crippen LogP contribution in [0.3, 0.4) is 0 Å². The molecule has 2 saturated carbocycles. The van der Waals surface area contributed by atoms with Gasteiger partial charge in [0.05, 0.1) is 12.7 Å². The molecular formula is C21H34O4. The van der Waals surface area contributed by atoms with Gasteiger partial charge in [0.2, 0.25) is 0 Å². The molecule has 142 valence electrons. The van der Waals surface area contributed by atoms with Crippen molar-refractivity contribution in [3.63, 3.8) is 0 Å². The largest absolute Gasteiger partial charge is 0.480 e. The molecule has 4 nitrogen and oxygen atoms in total. The van der Waals surface area contributed by atoms with Gasteiger partial charge in [-0.1, -0.05) is 62.8 Å². The summed E-state index contributed by atoms with van der Waals surface area (Å²) in [6.07, 6.45) is 19.9. The number of carboxylic acid groups (broad SMARTS) is 1. The smallest absolute Gasteiger partial charge is 0.329 e. The van der Waals surface area contributed by atoms with Crippen molar-refractivity contribution in [1.29, 1.82) is 0 Å². The van der Waals surface area contributed by atoms with Gasteiger partial charge in [0.15, 0.2) is 0 Å². The molecular weight excluding hydrogens is 316 g/mol. The molecule has 4 heteroatoms. The summed E-state index contributed by atoms with van der Waals surface area (Å²) in [5.74, 6) is 0.333. The fourth-order valence-corrected chi connectivity index (χ4v) is 4.21. The summed E-state index contributed by atoms with van der Waals surface area (Å²) in [5.41, 5.74) is 0. The number of rotatable bonds is 9. The van der Waals surface area contributed by atoms with Crippen molar-refractivity contribution < 1.29 is 19.7 Å². The fraction of sp³-hybridized carbons (Fsp3) is 0.762. The maximum Gasteiger partial charge on any atom is 0.329 e. The van der Waals surface area contributed by atoms with E-state index in [-0.39, 0.29) is 18.6 Å². The summed E-state index contributed by atoms with van der Waals surface area (Å²) in [6, 6.07) is 0. The lowest BCUT2D eigenvalue weighted by Crippen LogP contribution is -2.22. The Labute approximate surface area is 152 Å². The molecule has 2 fully saturated rings. The first kappa shape index (κ1) is 20.2. The van der Waals surface area contributed by atoms with Crippen molar-refractivity contribution in [3.05, 3.63) is 24.3 Å². The van der Waals surface area contributed by atoms with Crippen LogP contribution < -0.4 is 0 Å². The second-order valence-electron chi connectivity index (χ2n) is 7.63. The quantitative estimate of drug-likeness (QED) is 0.607. The van der Waals surface area contributed by atoms with Crippen LogP contribution in [0.2, 0.25) is 0 Å². The molecule has 0 aromatic carbocycles. The van der Waals surface area contributed by atoms with Crippen molar-refractivity contribution in [2.24, 2.45) is 17.8 Å². The number of carboxylic acids is 1. The molecule has 2 N–H and O–H groups in total. The van der Waals surface area contributed by atoms with E-state index in [4.69, 9.17) is 9.84 Å². The highest BCUT2D eigenvalue weighted by Gasteiger charge is 2.22. The zero-order valence-electron chi connectivity index (χ0n) is 15.3. The minimum absolute atomic E-state index is 0.229. The number of allylic oxidation sites excluding steroid dienone is 2. The normalized spacial score (nSPS) is 23.2. The Hall–Kier alpha value is -1.13. The van der Waals surface area contributed by atoms with Gasteiger partial charge in [-0.2, -0.15) is 0 Å². The van der Waals surface area contributed by atoms with E-state index in [1.54, 1.807) is 0 Å². The summed E-state index contributed by atoms with van der Waals surface area (Å²) < 4.78 is 5.36. The Morgan fingerprint density at radius 2 is 1.48 bits per heavy atom. The average Bonchev–Trinajstić information content (AvgIpc) is 2.64. The lowest BCUT2D eigenvalue weighted by atomic mass is 9.80. The Kier molecular flexibility index (Phi) is 9.27. The predicted molar refractivity (Wildman–Crippen MR) is 99.4 cm³/mol. The Morgan fingerprint density at radius 3 is 2.08 bits per heavy atom. The standard InChI is InChI=1S/C21H34O4/c22-20(18-11-5-2-6-12-18)14-8-7-13-19(15-25-16-21(23)24)17-9-3-1-4-10-17/h7-8,13-14,17-20,22H,1-6,9-12,15-16H2,(H,23,24)/b13-7+,14-8+/t19?,20-/m1/s1. The first-order valence-electron chi connectivity index (χ1n) is 9.99. The number of ether oxygens (including phenoxy) is 1. The first-order chi connectivity index (χ1) is 12.2. The second-order valence-corrected chi connectivity index (χ2v) is 7.63. The van der Waals surface area contributed by atoms with Gasteiger partial charge >= 0.3 is 5.97 Å². The third-order valence-electron chi connectivity index (χ3n) is 5.70. The molecule has 0 aromatic rings. The number of hydrogen-bond acceptors (Lipinski definition) is 3. The van der Waals surface area contributed by atoms with Crippen LogP contribution in [0, 0.1) is 17.8 Å². The van der Waals surface area contributed by atoms with Crippen LogP contribution in [0.5, 0.6) is 0 Å². The van der Waals surface area contributed by atoms with Crippen molar-refractivity contribution >= 4 is 5.97 Å². The van der Waals surface area contributed by atoms with E-state index in [0.29, 0.717) is 18.4 Å². The minimum atomic E-state index is -0.915. The molecule has 25 heavy (non-hydrogen) atoms. The maximum atomic E-state index is 10.7. The fourth-order valence-electron chi connectivity index (χ4n) is 4.21. The van der Waals surface area contributed by atoms with Gasteiger partial charge in [-0.15, -0.1) is 0 Å². The molecule has 0 aliphatic heterocycles. The van der Waals surface area contributed by atoms with Crippen LogP contribution in [0.4, 0.5) is 0 Å². The van der Waals surface area contributed by atoms with Crippen molar-refractivity contribution in [2.45, 2.75) is 70.3 Å². The molecule has 0 spiro atoms. The lowest BCUT2D eigenvalue weighted by Gasteiger charge is -2.28. The van der Waals surface area contributed by atoms with Crippen molar-refractivity contribution in [3.8, 4) is 0 Å². The predicted octanol–water partition coefficient (Wildman–Crippen LogP) is 4.34. The number of aliphatic carboxylic acids is 1. The van der Waals surface area contributed by atoms with Gasteiger partial charge in [-0.25, -0.2) is 4.79 Å². The highest BCUT2D eigenvalue weighted by molar-refractivity contribution is 5.67. The highest BCUT2D eigenvalue weighted by atomic mass is 16.5. The summed E-state index contributed by atoms with van der Waals surface area (Å²) in [7, 11) is 0. The SMILES string of the molecule is O=C(O)COCC(/C=C/C=C/[C@@H](O)C1CCCCC1)C1CCCCC1. The number of aliphatic hydroxyl groups is 1. The van der Waals surface area contributed by atoms with Gasteiger partial charge < -0.3 is 14.9 Å². The molecule has 0 heterocycles. The third-order valence-corrected chi connectivity index (χ3v) is 5.70. The molecule has 0 bridgehead atoms. The third kappa shape index (κ3) is 7.74. The van der Waals surface area contributed by atoms with E-state index < -0.39 is 5.97 Å². The molecule has 1 unspecified atom stereocenters. The molecule has 0 saturated heterocycles. The first-order valence-corrected chi connectivity index (χ1v) is 9.99. The highest BCUT2D eigenvalue weighted by Crippen LogP contribution is 2.31. The molecule has 2 aliphatic rings. The van der Waals surface area contributed by atoms with Crippen molar-refractivity contribution in [2.75, 3.05) is 13.2 Å². The Bertz CT molecular complexity index is 431. The van der Waals surface area contributed by atoms with Gasteiger partial charge in [0.1, 0.15) is 6.61 Å². The van der Waals surface area contributed by atoms with Gasteiger partial charge in [-0.3, -0.25) is 0 Å². The van der Waals surface area contributed by atoms with Crippen LogP contribution in [-0.2, 0) is 9.53 Å². The summed E-state index contributed by atoms with van der Waals surface area (Å²) in [4.78, 5) is 10.7.